The first-order chi connectivity index (χ1) is 10.4. The minimum absolute atomic E-state index is 0.0487. The Hall–Kier alpha value is -1.68. The van der Waals surface area contributed by atoms with Gasteiger partial charge in [-0.25, -0.2) is 8.42 Å². The quantitative estimate of drug-likeness (QED) is 0.727. The second-order valence-electron chi connectivity index (χ2n) is 4.78. The van der Waals surface area contributed by atoms with Gasteiger partial charge < -0.3 is 10.2 Å². The highest BCUT2D eigenvalue weighted by molar-refractivity contribution is 14.1. The Balaban J connectivity index is 1.88. The number of hydrogen-bond donors (Lipinski definition) is 1. The molecule has 0 fully saturated rings. The molecule has 114 valence electrons. The molecule has 0 spiro atoms. The van der Waals surface area contributed by atoms with Crippen LogP contribution in [0.2, 0.25) is 0 Å². The van der Waals surface area contributed by atoms with Crippen molar-refractivity contribution < 1.29 is 13.2 Å². The highest BCUT2D eigenvalue weighted by Gasteiger charge is 2.29. The lowest BCUT2D eigenvalue weighted by Gasteiger charge is -2.28. The first-order valence-electron chi connectivity index (χ1n) is 6.50. The van der Waals surface area contributed by atoms with E-state index >= 15 is 0 Å². The van der Waals surface area contributed by atoms with E-state index < -0.39 is 10.0 Å². The molecule has 6 nitrogen and oxygen atoms in total. The van der Waals surface area contributed by atoms with Gasteiger partial charge in [-0.15, -0.1) is 4.40 Å². The average Bonchev–Trinajstić information content (AvgIpc) is 2.48. The number of amidine groups is 1. The summed E-state index contributed by atoms with van der Waals surface area (Å²) in [5.74, 6) is -0.254. The van der Waals surface area contributed by atoms with Crippen molar-refractivity contribution in [2.75, 3.05) is 17.6 Å². The highest BCUT2D eigenvalue weighted by Crippen LogP contribution is 2.19. The summed E-state index contributed by atoms with van der Waals surface area (Å²) in [6.45, 7) is 0.297. The van der Waals surface area contributed by atoms with E-state index in [0.717, 1.165) is 3.57 Å². The molecule has 2 aliphatic heterocycles. The zero-order valence-electron chi connectivity index (χ0n) is 11.4. The molecule has 1 amide bonds. The largest absolute Gasteiger partial charge is 0.331 e. The number of hydrogen-bond acceptors (Lipinski definition) is 4. The van der Waals surface area contributed by atoms with Gasteiger partial charge in [0.05, 0.1) is 11.3 Å². The maximum Gasteiger partial charge on any atom is 0.259 e. The zero-order valence-corrected chi connectivity index (χ0v) is 14.3. The Morgan fingerprint density at radius 3 is 2.73 bits per heavy atom. The number of amides is 1. The van der Waals surface area contributed by atoms with E-state index in [4.69, 9.17) is 0 Å². The number of carbonyl (C=O) groups excluding carboxylic acids is 1. The number of nitrogens with zero attached hydrogens (tertiary/aromatic N) is 2. The lowest BCUT2D eigenvalue weighted by Crippen LogP contribution is -2.40. The van der Waals surface area contributed by atoms with Gasteiger partial charge in [-0.05, 0) is 59.0 Å². The fourth-order valence-corrected chi connectivity index (χ4v) is 3.47. The van der Waals surface area contributed by atoms with Crippen LogP contribution in [0.15, 0.2) is 52.6 Å². The molecule has 8 heteroatoms. The van der Waals surface area contributed by atoms with Gasteiger partial charge in [0.2, 0.25) is 0 Å². The summed E-state index contributed by atoms with van der Waals surface area (Å²) in [7, 11) is -3.51. The van der Waals surface area contributed by atoms with Crippen LogP contribution in [-0.4, -0.2) is 37.4 Å². The predicted octanol–water partition coefficient (Wildman–Crippen LogP) is 1.73. The number of rotatable bonds is 2. The summed E-state index contributed by atoms with van der Waals surface area (Å²) in [5, 5.41) is 2.75. The third-order valence-corrected chi connectivity index (χ3v) is 5.07. The molecule has 0 aliphatic carbocycles. The second-order valence-corrected chi connectivity index (χ2v) is 7.78. The molecule has 1 N–H and O–H groups in total. The van der Waals surface area contributed by atoms with Crippen LogP contribution in [-0.2, 0) is 14.8 Å². The Bertz CT molecular complexity index is 810. The molecule has 22 heavy (non-hydrogen) atoms. The number of sulfonamides is 1. The van der Waals surface area contributed by atoms with Crippen LogP contribution in [0.25, 0.3) is 0 Å². The topological polar surface area (TPSA) is 78.8 Å². The van der Waals surface area contributed by atoms with Crippen LogP contribution in [0.5, 0.6) is 0 Å². The molecule has 3 rings (SSSR count). The molecule has 2 heterocycles. The van der Waals surface area contributed by atoms with Gasteiger partial charge >= 0.3 is 0 Å². The van der Waals surface area contributed by atoms with Crippen LogP contribution in [0.1, 0.15) is 0 Å². The molecule has 0 bridgehead atoms. The predicted molar refractivity (Wildman–Crippen MR) is 92.9 cm³/mol. The van der Waals surface area contributed by atoms with Crippen LogP contribution in [0, 0.1) is 3.57 Å². The minimum atomic E-state index is -3.51. The van der Waals surface area contributed by atoms with Gasteiger partial charge in [0.1, 0.15) is 0 Å². The number of anilines is 1. The normalized spacial score (nSPS) is 19.0. The van der Waals surface area contributed by atoms with Crippen molar-refractivity contribution in [2.24, 2.45) is 4.40 Å². The van der Waals surface area contributed by atoms with E-state index in [-0.39, 0.29) is 23.1 Å². The molecule has 0 aromatic heterocycles. The number of carbonyl (C=O) groups is 1. The second kappa shape index (κ2) is 5.84. The summed E-state index contributed by atoms with van der Waals surface area (Å²) in [4.78, 5) is 14.1. The first kappa shape index (κ1) is 15.2. The minimum Gasteiger partial charge on any atom is -0.331 e. The van der Waals surface area contributed by atoms with Crippen LogP contribution in [0.3, 0.4) is 0 Å². The van der Waals surface area contributed by atoms with Crippen molar-refractivity contribution in [2.45, 2.75) is 0 Å². The third-order valence-electron chi connectivity index (χ3n) is 3.20. The summed E-state index contributed by atoms with van der Waals surface area (Å²) in [6, 6.07) is 7.33. The van der Waals surface area contributed by atoms with Gasteiger partial charge in [0, 0.05) is 22.0 Å². The van der Waals surface area contributed by atoms with Gasteiger partial charge in [0.25, 0.3) is 15.9 Å². The van der Waals surface area contributed by atoms with Crippen LogP contribution >= 0.6 is 22.6 Å². The molecular weight excluding hydrogens is 417 g/mol. The van der Waals surface area contributed by atoms with Gasteiger partial charge in [-0.1, -0.05) is 0 Å². The molecule has 2 aliphatic rings. The summed E-state index contributed by atoms with van der Waals surface area (Å²) in [5.41, 5.74) is 0.885. The fraction of sp³-hybridized carbons (Fsp3) is 0.143. The average molecular weight is 429 g/mol. The Morgan fingerprint density at radius 1 is 1.27 bits per heavy atom. The van der Waals surface area contributed by atoms with Crippen molar-refractivity contribution in [1.82, 2.24) is 4.90 Å². The molecule has 0 saturated heterocycles. The zero-order chi connectivity index (χ0) is 15.7. The third kappa shape index (κ3) is 3.22. The summed E-state index contributed by atoms with van der Waals surface area (Å²) < 4.78 is 28.1. The van der Waals surface area contributed by atoms with Crippen molar-refractivity contribution >= 4 is 50.0 Å². The van der Waals surface area contributed by atoms with Crippen molar-refractivity contribution in [3.63, 3.8) is 0 Å². The number of allylic oxidation sites excluding steroid dienone is 2. The lowest BCUT2D eigenvalue weighted by molar-refractivity contribution is -0.112. The SMILES string of the molecule is O=C(Nc1ccc(I)cc1)C1=CC=CN2CCS(=O)(=O)N=C12. The van der Waals surface area contributed by atoms with E-state index in [2.05, 4.69) is 32.3 Å². The van der Waals surface area contributed by atoms with Crippen molar-refractivity contribution in [3.05, 3.63) is 51.8 Å². The smallest absolute Gasteiger partial charge is 0.259 e. The van der Waals surface area contributed by atoms with Crippen LogP contribution < -0.4 is 5.32 Å². The maximum absolute atomic E-state index is 12.4. The summed E-state index contributed by atoms with van der Waals surface area (Å²) in [6.07, 6.45) is 4.99. The molecule has 1 aromatic carbocycles. The summed E-state index contributed by atoms with van der Waals surface area (Å²) >= 11 is 2.18. The Labute approximate surface area is 141 Å². The highest BCUT2D eigenvalue weighted by atomic mass is 127. The van der Waals surface area contributed by atoms with Gasteiger partial charge in [-0.3, -0.25) is 4.79 Å². The van der Waals surface area contributed by atoms with E-state index in [9.17, 15) is 13.2 Å². The van der Waals surface area contributed by atoms with Crippen LogP contribution in [0.4, 0.5) is 5.69 Å². The lowest BCUT2D eigenvalue weighted by atomic mass is 10.1. The number of benzene rings is 1. The maximum atomic E-state index is 12.4. The number of halogens is 1. The molecule has 0 saturated carbocycles. The molecular formula is C14H12IN3O3S. The van der Waals surface area contributed by atoms with E-state index in [0.29, 0.717) is 12.2 Å². The molecule has 0 atom stereocenters. The number of fused-ring (bicyclic) bond motifs is 1. The van der Waals surface area contributed by atoms with Crippen molar-refractivity contribution in [1.29, 1.82) is 0 Å². The van der Waals surface area contributed by atoms with E-state index in [1.54, 1.807) is 35.4 Å². The first-order valence-corrected chi connectivity index (χ1v) is 9.18. The van der Waals surface area contributed by atoms with E-state index in [1.165, 1.54) is 0 Å². The number of nitrogens with one attached hydrogen (secondary N) is 1. The standard InChI is InChI=1S/C14H12IN3O3S/c15-10-3-5-11(6-4-10)16-14(19)12-2-1-7-18-8-9-22(20,21)17-13(12)18/h1-7H,8-9H2,(H,16,19). The monoisotopic (exact) mass is 429 g/mol. The van der Waals surface area contributed by atoms with Crippen molar-refractivity contribution in [3.8, 4) is 0 Å². The Kier molecular flexibility index (Phi) is 4.04. The van der Waals surface area contributed by atoms with E-state index in [1.807, 2.05) is 12.1 Å². The van der Waals surface area contributed by atoms with Gasteiger partial charge in [-0.2, -0.15) is 0 Å². The van der Waals surface area contributed by atoms with Gasteiger partial charge in [0.15, 0.2) is 5.84 Å². The molecule has 1 aromatic rings. The molecule has 0 unspecified atom stereocenters. The molecule has 0 radical (unpaired) electrons. The Morgan fingerprint density at radius 2 is 2.00 bits per heavy atom. The fourth-order valence-electron chi connectivity index (χ4n) is 2.13.